The molecule has 0 aromatic rings. The normalized spacial score (nSPS) is 15.6. The van der Waals surface area contributed by atoms with E-state index in [1.54, 1.807) is 14.2 Å². The Morgan fingerprint density at radius 3 is 1.93 bits per heavy atom. The van der Waals surface area contributed by atoms with Gasteiger partial charge in [0, 0.05) is 26.0 Å². The van der Waals surface area contributed by atoms with Crippen molar-refractivity contribution >= 4 is 45.8 Å². The van der Waals surface area contributed by atoms with E-state index in [2.05, 4.69) is 22.6 Å². The number of ether oxygens (including phenoxy) is 3. The van der Waals surface area contributed by atoms with Crippen LogP contribution in [0.25, 0.3) is 0 Å². The number of methoxy groups -OCH3 is 2. The summed E-state index contributed by atoms with van der Waals surface area (Å²) in [6.07, 6.45) is -0.163. The molecule has 0 aromatic heterocycles. The molecule has 0 heterocycles. The zero-order chi connectivity index (χ0) is 11.7. The molecule has 92 valence electrons. The molecule has 0 saturated heterocycles. The molecule has 0 amide bonds. The van der Waals surface area contributed by atoms with Gasteiger partial charge in [-0.05, 0) is 0 Å². The van der Waals surface area contributed by atoms with Crippen molar-refractivity contribution < 1.29 is 14.2 Å². The van der Waals surface area contributed by atoms with Crippen LogP contribution in [0.2, 0.25) is 0 Å². The monoisotopic (exact) mass is 370 g/mol. The van der Waals surface area contributed by atoms with E-state index < -0.39 is 0 Å². The van der Waals surface area contributed by atoms with Gasteiger partial charge in [0.15, 0.2) is 0 Å². The number of hydrogen-bond acceptors (Lipinski definition) is 3. The van der Waals surface area contributed by atoms with Crippen molar-refractivity contribution in [2.24, 2.45) is 0 Å². The molecule has 3 nitrogen and oxygen atoms in total. The molecule has 0 spiro atoms. The Morgan fingerprint density at radius 1 is 1.07 bits per heavy atom. The highest BCUT2D eigenvalue weighted by Crippen LogP contribution is 2.16. The highest BCUT2D eigenvalue weighted by atomic mass is 127. The molecular weight excluding hydrogens is 354 g/mol. The van der Waals surface area contributed by atoms with Gasteiger partial charge >= 0.3 is 0 Å². The quantitative estimate of drug-likeness (QED) is 0.460. The van der Waals surface area contributed by atoms with E-state index in [0.717, 1.165) is 0 Å². The lowest BCUT2D eigenvalue weighted by Crippen LogP contribution is -2.36. The van der Waals surface area contributed by atoms with Crippen molar-refractivity contribution in [1.29, 1.82) is 0 Å². The number of hydrogen-bond donors (Lipinski definition) is 0. The molecule has 0 aliphatic rings. The summed E-state index contributed by atoms with van der Waals surface area (Å²) in [5.74, 6) is 0.939. The lowest BCUT2D eigenvalue weighted by molar-refractivity contribution is -0.0686. The Morgan fingerprint density at radius 2 is 1.60 bits per heavy atom. The van der Waals surface area contributed by atoms with Crippen LogP contribution in [0.5, 0.6) is 0 Å². The Balaban J connectivity index is 4.08. The Hall–Kier alpha value is 1.19. The van der Waals surface area contributed by atoms with E-state index in [0.29, 0.717) is 25.0 Å². The fourth-order valence-corrected chi connectivity index (χ4v) is 2.27. The Bertz CT molecular complexity index is 145. The van der Waals surface area contributed by atoms with Crippen LogP contribution >= 0.6 is 45.8 Å². The molecule has 0 saturated carbocycles. The third-order valence-electron chi connectivity index (χ3n) is 1.78. The zero-order valence-electron chi connectivity index (χ0n) is 8.92. The first-order valence-corrected chi connectivity index (χ1v) is 6.90. The van der Waals surface area contributed by atoms with Gasteiger partial charge < -0.3 is 14.2 Å². The summed E-state index contributed by atoms with van der Waals surface area (Å²) in [5, 5.41) is 0. The van der Waals surface area contributed by atoms with Crippen LogP contribution < -0.4 is 0 Å². The van der Waals surface area contributed by atoms with Crippen molar-refractivity contribution in [2.75, 3.05) is 39.2 Å². The first-order valence-electron chi connectivity index (χ1n) is 4.58. The number of alkyl halides is 3. The van der Waals surface area contributed by atoms with E-state index >= 15 is 0 Å². The molecular formula is C9H17Cl2IO3. The summed E-state index contributed by atoms with van der Waals surface area (Å²) in [5.41, 5.74) is 0. The van der Waals surface area contributed by atoms with Crippen LogP contribution in [0.3, 0.4) is 0 Å². The molecule has 0 fully saturated rings. The fourth-order valence-electron chi connectivity index (χ4n) is 1.06. The maximum atomic E-state index is 5.82. The van der Waals surface area contributed by atoms with Crippen LogP contribution in [0.1, 0.15) is 0 Å². The van der Waals surface area contributed by atoms with E-state index in [1.807, 2.05) is 0 Å². The summed E-state index contributed by atoms with van der Waals surface area (Å²) >= 11 is 13.8. The second-order valence-electron chi connectivity index (χ2n) is 3.03. The van der Waals surface area contributed by atoms with Crippen LogP contribution in [0.15, 0.2) is 0 Å². The summed E-state index contributed by atoms with van der Waals surface area (Å²) < 4.78 is 16.0. The van der Waals surface area contributed by atoms with Gasteiger partial charge in [0.1, 0.15) is 6.10 Å². The Kier molecular flexibility index (Phi) is 11.2. The predicted octanol–water partition coefficient (Wildman–Crippen LogP) is 2.31. The average molecular weight is 371 g/mol. The predicted molar refractivity (Wildman–Crippen MR) is 71.7 cm³/mol. The summed E-state index contributed by atoms with van der Waals surface area (Å²) in [6.45, 7) is 0.986. The molecule has 0 bridgehead atoms. The molecule has 0 radical (unpaired) electrons. The molecule has 0 aromatic carbocycles. The van der Waals surface area contributed by atoms with Crippen LogP contribution in [-0.4, -0.2) is 55.3 Å². The highest BCUT2D eigenvalue weighted by Gasteiger charge is 2.22. The minimum absolute atomic E-state index is 0.0694. The first kappa shape index (κ1) is 16.2. The standard InChI is InChI=1S/C9H17Cl2IO3/c1-13-5-7(6-14-2)15-9(4-11)8(12)3-10/h7-9H,3-6H2,1-2H3. The van der Waals surface area contributed by atoms with Gasteiger partial charge in [-0.2, -0.15) is 0 Å². The van der Waals surface area contributed by atoms with Crippen molar-refractivity contribution in [3.63, 3.8) is 0 Å². The van der Waals surface area contributed by atoms with Crippen molar-refractivity contribution in [3.05, 3.63) is 0 Å². The molecule has 0 aliphatic heterocycles. The smallest absolute Gasteiger partial charge is 0.105 e. The van der Waals surface area contributed by atoms with E-state index in [9.17, 15) is 0 Å². The maximum Gasteiger partial charge on any atom is 0.105 e. The van der Waals surface area contributed by atoms with Gasteiger partial charge in [-0.1, -0.05) is 22.6 Å². The minimum atomic E-state index is -0.0933. The largest absolute Gasteiger partial charge is 0.382 e. The molecule has 0 aliphatic carbocycles. The molecule has 2 unspecified atom stereocenters. The topological polar surface area (TPSA) is 27.7 Å². The minimum Gasteiger partial charge on any atom is -0.382 e. The van der Waals surface area contributed by atoms with Gasteiger partial charge in [-0.15, -0.1) is 23.2 Å². The van der Waals surface area contributed by atoms with Gasteiger partial charge in [-0.3, -0.25) is 0 Å². The second-order valence-corrected chi connectivity index (χ2v) is 5.25. The third kappa shape index (κ3) is 7.18. The molecule has 2 atom stereocenters. The van der Waals surface area contributed by atoms with E-state index in [-0.39, 0.29) is 16.1 Å². The lowest BCUT2D eigenvalue weighted by Gasteiger charge is -2.25. The Labute approximate surface area is 115 Å². The fraction of sp³-hybridized carbons (Fsp3) is 1.00. The van der Waals surface area contributed by atoms with Crippen LogP contribution in [0.4, 0.5) is 0 Å². The third-order valence-corrected chi connectivity index (χ3v) is 4.18. The molecule has 15 heavy (non-hydrogen) atoms. The summed E-state index contributed by atoms with van der Waals surface area (Å²) in [7, 11) is 3.26. The van der Waals surface area contributed by atoms with Crippen molar-refractivity contribution in [2.45, 2.75) is 16.1 Å². The van der Waals surface area contributed by atoms with E-state index in [1.165, 1.54) is 0 Å². The maximum absolute atomic E-state index is 5.82. The highest BCUT2D eigenvalue weighted by molar-refractivity contribution is 14.1. The van der Waals surface area contributed by atoms with E-state index in [4.69, 9.17) is 37.4 Å². The average Bonchev–Trinajstić information content (AvgIpc) is 2.25. The van der Waals surface area contributed by atoms with Crippen LogP contribution in [-0.2, 0) is 14.2 Å². The zero-order valence-corrected chi connectivity index (χ0v) is 12.6. The van der Waals surface area contributed by atoms with Gasteiger partial charge in [0.2, 0.25) is 0 Å². The summed E-state index contributed by atoms with van der Waals surface area (Å²) in [6, 6.07) is 0. The second kappa shape index (κ2) is 10.4. The molecule has 0 rings (SSSR count). The molecule has 6 heteroatoms. The number of rotatable bonds is 9. The lowest BCUT2D eigenvalue weighted by atomic mass is 10.3. The van der Waals surface area contributed by atoms with Gasteiger partial charge in [0.05, 0.1) is 23.2 Å². The number of halogens is 3. The SMILES string of the molecule is COCC(COC)OC(CCl)C(I)CCl. The first-order chi connectivity index (χ1) is 7.19. The van der Waals surface area contributed by atoms with Crippen molar-refractivity contribution in [3.8, 4) is 0 Å². The molecule has 0 N–H and O–H groups in total. The van der Waals surface area contributed by atoms with Gasteiger partial charge in [-0.25, -0.2) is 0 Å². The summed E-state index contributed by atoms with van der Waals surface area (Å²) in [4.78, 5) is 0. The van der Waals surface area contributed by atoms with Crippen molar-refractivity contribution in [1.82, 2.24) is 0 Å². The van der Waals surface area contributed by atoms with Crippen LogP contribution in [0, 0.1) is 0 Å². The van der Waals surface area contributed by atoms with Gasteiger partial charge in [0.25, 0.3) is 0 Å².